The molecule has 0 saturated heterocycles. The molecule has 2 heteroatoms. The van der Waals surface area contributed by atoms with Crippen LogP contribution >= 0.6 is 0 Å². The van der Waals surface area contributed by atoms with Crippen molar-refractivity contribution < 1.29 is 5.11 Å². The summed E-state index contributed by atoms with van der Waals surface area (Å²) in [6.45, 7) is 6.62. The quantitative estimate of drug-likeness (QED) is 0.838. The van der Waals surface area contributed by atoms with Crippen molar-refractivity contribution in [2.24, 2.45) is 5.92 Å². The van der Waals surface area contributed by atoms with Crippen molar-refractivity contribution in [2.45, 2.75) is 52.1 Å². The van der Waals surface area contributed by atoms with Gasteiger partial charge in [0.2, 0.25) is 0 Å². The molecular weight excluding hydrogens is 258 g/mol. The molecule has 1 aliphatic carbocycles. The molecule has 21 heavy (non-hydrogen) atoms. The Morgan fingerprint density at radius 3 is 2.62 bits per heavy atom. The molecule has 0 bridgehead atoms. The van der Waals surface area contributed by atoms with E-state index in [2.05, 4.69) is 48.8 Å². The maximum Gasteiger partial charge on any atom is 0.104 e. The highest BCUT2D eigenvalue weighted by Crippen LogP contribution is 2.26. The van der Waals surface area contributed by atoms with Gasteiger partial charge in [-0.15, -0.1) is 0 Å². The highest BCUT2D eigenvalue weighted by Gasteiger charge is 2.23. The largest absolute Gasteiger partial charge is 0.384 e. The predicted molar refractivity (Wildman–Crippen MR) is 87.9 cm³/mol. The molecular formula is C19H27NO. The molecule has 1 N–H and O–H groups in total. The first kappa shape index (κ1) is 16.1. The van der Waals surface area contributed by atoms with Gasteiger partial charge in [0.25, 0.3) is 0 Å². The normalized spacial score (nSPS) is 15.5. The van der Waals surface area contributed by atoms with Crippen molar-refractivity contribution >= 4 is 0 Å². The maximum atomic E-state index is 8.91. The molecule has 1 aromatic carbocycles. The Kier molecular flexibility index (Phi) is 6.29. The number of benzene rings is 1. The Morgan fingerprint density at radius 1 is 1.24 bits per heavy atom. The summed E-state index contributed by atoms with van der Waals surface area (Å²) in [5.74, 6) is 6.54. The lowest BCUT2D eigenvalue weighted by molar-refractivity contribution is 0.168. The van der Waals surface area contributed by atoms with E-state index < -0.39 is 0 Å². The minimum Gasteiger partial charge on any atom is -0.384 e. The first-order valence-electron chi connectivity index (χ1n) is 8.12. The van der Waals surface area contributed by atoms with Gasteiger partial charge in [0.05, 0.1) is 0 Å². The van der Waals surface area contributed by atoms with Gasteiger partial charge in [0.1, 0.15) is 6.61 Å². The minimum absolute atomic E-state index is 0.0767. The molecule has 2 nitrogen and oxygen atoms in total. The monoisotopic (exact) mass is 285 g/mol. The van der Waals surface area contributed by atoms with Gasteiger partial charge in [-0.1, -0.05) is 56.7 Å². The van der Waals surface area contributed by atoms with Crippen LogP contribution in [0.3, 0.4) is 0 Å². The fraction of sp³-hybridized carbons (Fsp3) is 0.579. The zero-order valence-corrected chi connectivity index (χ0v) is 13.3. The van der Waals surface area contributed by atoms with Gasteiger partial charge in [-0.3, -0.25) is 4.90 Å². The van der Waals surface area contributed by atoms with Crippen LogP contribution in [0.2, 0.25) is 0 Å². The van der Waals surface area contributed by atoms with E-state index in [0.717, 1.165) is 24.7 Å². The van der Waals surface area contributed by atoms with E-state index in [4.69, 9.17) is 5.11 Å². The zero-order valence-electron chi connectivity index (χ0n) is 13.3. The van der Waals surface area contributed by atoms with E-state index >= 15 is 0 Å². The molecule has 0 amide bonds. The van der Waals surface area contributed by atoms with Crippen LogP contribution in [0.5, 0.6) is 0 Å². The molecule has 0 aromatic heterocycles. The molecule has 0 spiro atoms. The highest BCUT2D eigenvalue weighted by molar-refractivity contribution is 5.41. The molecule has 2 rings (SSSR count). The summed E-state index contributed by atoms with van der Waals surface area (Å²) in [6, 6.07) is 9.06. The molecule has 1 aromatic rings. The van der Waals surface area contributed by atoms with Gasteiger partial charge in [-0.25, -0.2) is 0 Å². The van der Waals surface area contributed by atoms with Gasteiger partial charge in [0.15, 0.2) is 0 Å². The third-order valence-corrected chi connectivity index (χ3v) is 4.13. The average Bonchev–Trinajstić information content (AvgIpc) is 2.99. The molecule has 0 unspecified atom stereocenters. The standard InChI is InChI=1S/C19H27NO/c1-16(2)14-20(19-11-5-6-12-19)15-18-9-4-3-8-17(18)10-7-13-21/h3-4,8-9,16,19,21H,5-6,11-15H2,1-2H3. The molecule has 0 atom stereocenters. The van der Waals surface area contributed by atoms with Gasteiger partial charge in [-0.05, 0) is 30.4 Å². The summed E-state index contributed by atoms with van der Waals surface area (Å²) in [5.41, 5.74) is 2.34. The number of nitrogens with zero attached hydrogens (tertiary/aromatic N) is 1. The Bertz CT molecular complexity index is 492. The van der Waals surface area contributed by atoms with Crippen LogP contribution in [0.4, 0.5) is 0 Å². The van der Waals surface area contributed by atoms with Crippen LogP contribution in [0.1, 0.15) is 50.7 Å². The van der Waals surface area contributed by atoms with E-state index in [9.17, 15) is 0 Å². The van der Waals surface area contributed by atoms with Crippen molar-refractivity contribution in [3.63, 3.8) is 0 Å². The van der Waals surface area contributed by atoms with Gasteiger partial charge in [-0.2, -0.15) is 0 Å². The summed E-state index contributed by atoms with van der Waals surface area (Å²) in [5, 5.41) is 8.91. The SMILES string of the molecule is CC(C)CN(Cc1ccccc1C#CCO)C1CCCC1. The first-order valence-corrected chi connectivity index (χ1v) is 8.12. The van der Waals surface area contributed by atoms with Crippen LogP contribution in [-0.2, 0) is 6.54 Å². The van der Waals surface area contributed by atoms with E-state index in [1.54, 1.807) is 0 Å². The van der Waals surface area contributed by atoms with E-state index in [-0.39, 0.29) is 6.61 Å². The predicted octanol–water partition coefficient (Wildman–Crippen LogP) is 3.43. The van der Waals surface area contributed by atoms with Gasteiger partial charge >= 0.3 is 0 Å². The number of rotatable bonds is 5. The second kappa shape index (κ2) is 8.22. The van der Waals surface area contributed by atoms with Gasteiger partial charge < -0.3 is 5.11 Å². The Morgan fingerprint density at radius 2 is 1.95 bits per heavy atom. The average molecular weight is 285 g/mol. The number of hydrogen-bond donors (Lipinski definition) is 1. The molecule has 1 fully saturated rings. The maximum absolute atomic E-state index is 8.91. The summed E-state index contributed by atoms with van der Waals surface area (Å²) >= 11 is 0. The summed E-state index contributed by atoms with van der Waals surface area (Å²) in [6.07, 6.45) is 5.39. The molecule has 0 aliphatic heterocycles. The lowest BCUT2D eigenvalue weighted by Crippen LogP contribution is -2.35. The second-order valence-electron chi connectivity index (χ2n) is 6.38. The van der Waals surface area contributed by atoms with Crippen LogP contribution < -0.4 is 0 Å². The van der Waals surface area contributed by atoms with Crippen LogP contribution in [0, 0.1) is 17.8 Å². The van der Waals surface area contributed by atoms with Crippen molar-refractivity contribution in [1.29, 1.82) is 0 Å². The lowest BCUT2D eigenvalue weighted by atomic mass is 10.0. The molecule has 0 radical (unpaired) electrons. The Hall–Kier alpha value is -1.30. The fourth-order valence-corrected chi connectivity index (χ4v) is 3.21. The zero-order chi connectivity index (χ0) is 15.1. The second-order valence-corrected chi connectivity index (χ2v) is 6.38. The van der Waals surface area contributed by atoms with Crippen LogP contribution in [0.15, 0.2) is 24.3 Å². The smallest absolute Gasteiger partial charge is 0.104 e. The van der Waals surface area contributed by atoms with Crippen LogP contribution in [-0.4, -0.2) is 29.2 Å². The van der Waals surface area contributed by atoms with Crippen molar-refractivity contribution in [3.05, 3.63) is 35.4 Å². The van der Waals surface area contributed by atoms with E-state index in [1.165, 1.54) is 31.2 Å². The number of aliphatic hydroxyl groups is 1. The lowest BCUT2D eigenvalue weighted by Gasteiger charge is -2.30. The summed E-state index contributed by atoms with van der Waals surface area (Å²) in [7, 11) is 0. The van der Waals surface area contributed by atoms with Crippen molar-refractivity contribution in [2.75, 3.05) is 13.2 Å². The third kappa shape index (κ3) is 4.88. The molecule has 114 valence electrons. The highest BCUT2D eigenvalue weighted by atomic mass is 16.2. The molecule has 1 saturated carbocycles. The number of hydrogen-bond acceptors (Lipinski definition) is 2. The third-order valence-electron chi connectivity index (χ3n) is 4.13. The first-order chi connectivity index (χ1) is 10.2. The van der Waals surface area contributed by atoms with Crippen molar-refractivity contribution in [1.82, 2.24) is 4.90 Å². The number of aliphatic hydroxyl groups excluding tert-OH is 1. The van der Waals surface area contributed by atoms with Crippen molar-refractivity contribution in [3.8, 4) is 11.8 Å². The Labute approximate surface area is 129 Å². The fourth-order valence-electron chi connectivity index (χ4n) is 3.21. The topological polar surface area (TPSA) is 23.5 Å². The van der Waals surface area contributed by atoms with Gasteiger partial charge in [0, 0.05) is 24.7 Å². The molecule has 0 heterocycles. The Balaban J connectivity index is 2.15. The van der Waals surface area contributed by atoms with Crippen LogP contribution in [0.25, 0.3) is 0 Å². The van der Waals surface area contributed by atoms with E-state index in [1.807, 2.05) is 6.07 Å². The molecule has 1 aliphatic rings. The van der Waals surface area contributed by atoms with E-state index in [0.29, 0.717) is 5.92 Å². The summed E-state index contributed by atoms with van der Waals surface area (Å²) < 4.78 is 0. The summed E-state index contributed by atoms with van der Waals surface area (Å²) in [4.78, 5) is 2.64. The minimum atomic E-state index is -0.0767.